The first-order chi connectivity index (χ1) is 19.7. The number of ether oxygens (including phenoxy) is 1. The molecule has 1 saturated heterocycles. The minimum atomic E-state index is 0. The number of rotatable bonds is 9. The van der Waals surface area contributed by atoms with Crippen molar-refractivity contribution < 1.29 is 4.74 Å². The Bertz CT molecular complexity index is 1420. The quantitative estimate of drug-likeness (QED) is 0.242. The largest absolute Gasteiger partial charge is 0.383 e. The fraction of sp³-hybridized carbons (Fsp3) is 0.333. The third-order valence-electron chi connectivity index (χ3n) is 8.16. The van der Waals surface area contributed by atoms with Gasteiger partial charge in [-0.3, -0.25) is 4.90 Å². The zero-order chi connectivity index (χ0) is 27.3. The number of hydrogen-bond donors (Lipinski definition) is 1. The van der Waals surface area contributed by atoms with Crippen molar-refractivity contribution in [3.8, 4) is 11.3 Å². The lowest BCUT2D eigenvalue weighted by Crippen LogP contribution is -2.47. The van der Waals surface area contributed by atoms with E-state index in [4.69, 9.17) is 21.3 Å². The second kappa shape index (κ2) is 13.8. The normalized spacial score (nSPS) is 16.9. The molecule has 0 spiro atoms. The van der Waals surface area contributed by atoms with Crippen molar-refractivity contribution in [1.82, 2.24) is 19.8 Å². The number of piperazine rings is 1. The zero-order valence-electron chi connectivity index (χ0n) is 23.4. The van der Waals surface area contributed by atoms with E-state index in [1.165, 1.54) is 27.8 Å². The van der Waals surface area contributed by atoms with Crippen LogP contribution in [0.2, 0.25) is 5.02 Å². The van der Waals surface area contributed by atoms with Crippen LogP contribution in [0.1, 0.15) is 28.2 Å². The van der Waals surface area contributed by atoms with Crippen LogP contribution in [0.5, 0.6) is 0 Å². The van der Waals surface area contributed by atoms with E-state index < -0.39 is 0 Å². The molecule has 2 heterocycles. The number of methoxy groups -OCH3 is 1. The van der Waals surface area contributed by atoms with E-state index in [0.717, 1.165) is 75.1 Å². The third kappa shape index (κ3) is 7.08. The van der Waals surface area contributed by atoms with E-state index >= 15 is 0 Å². The summed E-state index contributed by atoms with van der Waals surface area (Å²) in [5.41, 5.74) is 8.25. The third-order valence-corrected chi connectivity index (χ3v) is 8.41. The van der Waals surface area contributed by atoms with Crippen LogP contribution in [0, 0.1) is 0 Å². The molecule has 214 valence electrons. The van der Waals surface area contributed by atoms with E-state index in [9.17, 15) is 0 Å². The molecule has 0 radical (unpaired) electrons. The minimum Gasteiger partial charge on any atom is -0.383 e. The van der Waals surface area contributed by atoms with Gasteiger partial charge in [0.25, 0.3) is 0 Å². The predicted molar refractivity (Wildman–Crippen MR) is 170 cm³/mol. The van der Waals surface area contributed by atoms with E-state index in [1.807, 2.05) is 18.3 Å². The molecule has 0 saturated carbocycles. The summed E-state index contributed by atoms with van der Waals surface area (Å²) in [7, 11) is 1.77. The molecule has 0 amide bonds. The van der Waals surface area contributed by atoms with Crippen molar-refractivity contribution in [1.29, 1.82) is 0 Å². The maximum atomic E-state index is 6.16. The lowest BCUT2D eigenvalue weighted by Gasteiger charge is -2.34. The molecule has 1 atom stereocenters. The smallest absolute Gasteiger partial charge is 0.227 e. The van der Waals surface area contributed by atoms with Crippen molar-refractivity contribution in [2.45, 2.75) is 18.8 Å². The maximum Gasteiger partial charge on any atom is 0.227 e. The zero-order valence-corrected chi connectivity index (χ0v) is 25.0. The summed E-state index contributed by atoms with van der Waals surface area (Å²) in [6, 6.07) is 25.4. The lowest BCUT2D eigenvalue weighted by molar-refractivity contribution is 0.0976. The topological polar surface area (TPSA) is 53.5 Å². The average Bonchev–Trinajstić information content (AvgIpc) is 3.00. The Morgan fingerprint density at radius 2 is 1.61 bits per heavy atom. The van der Waals surface area contributed by atoms with Gasteiger partial charge in [-0.15, -0.1) is 12.4 Å². The monoisotopic (exact) mass is 589 g/mol. The van der Waals surface area contributed by atoms with Gasteiger partial charge in [0.2, 0.25) is 5.95 Å². The molecule has 1 aromatic heterocycles. The van der Waals surface area contributed by atoms with Crippen molar-refractivity contribution in [3.63, 3.8) is 0 Å². The van der Waals surface area contributed by atoms with Crippen LogP contribution >= 0.6 is 24.0 Å². The van der Waals surface area contributed by atoms with E-state index in [-0.39, 0.29) is 18.3 Å². The lowest BCUT2D eigenvalue weighted by atomic mass is 9.78. The number of nitrogens with one attached hydrogen (secondary N) is 1. The molecule has 0 bridgehead atoms. The molecule has 1 N–H and O–H groups in total. The minimum absolute atomic E-state index is 0. The Kier molecular flexibility index (Phi) is 9.91. The maximum absolute atomic E-state index is 6.16. The van der Waals surface area contributed by atoms with Gasteiger partial charge in [-0.25, -0.2) is 9.97 Å². The summed E-state index contributed by atoms with van der Waals surface area (Å²) < 4.78 is 5.21. The Hall–Kier alpha value is -3.00. The number of hydrogen-bond acceptors (Lipinski definition) is 6. The Morgan fingerprint density at radius 1 is 0.902 bits per heavy atom. The molecule has 41 heavy (non-hydrogen) atoms. The van der Waals surface area contributed by atoms with Crippen LogP contribution in [0.3, 0.4) is 0 Å². The average molecular weight is 591 g/mol. The van der Waals surface area contributed by atoms with Gasteiger partial charge in [0.05, 0.1) is 12.3 Å². The summed E-state index contributed by atoms with van der Waals surface area (Å²) in [6.45, 7) is 7.44. The highest BCUT2D eigenvalue weighted by Gasteiger charge is 2.27. The molecule has 1 unspecified atom stereocenters. The fourth-order valence-electron chi connectivity index (χ4n) is 5.82. The second-order valence-electron chi connectivity index (χ2n) is 10.7. The number of halogens is 2. The molecule has 3 aromatic carbocycles. The van der Waals surface area contributed by atoms with E-state index in [2.05, 4.69) is 80.8 Å². The molecular weight excluding hydrogens is 553 g/mol. The second-order valence-corrected chi connectivity index (χ2v) is 11.1. The molecule has 6 rings (SSSR count). The van der Waals surface area contributed by atoms with Crippen LogP contribution in [0.15, 0.2) is 79.0 Å². The highest BCUT2D eigenvalue weighted by molar-refractivity contribution is 6.30. The number of benzene rings is 3. The number of fused-ring (bicyclic) bond motifs is 3. The molecular formula is C33H37Cl2N5O. The highest BCUT2D eigenvalue weighted by Crippen LogP contribution is 2.42. The van der Waals surface area contributed by atoms with Crippen LogP contribution < -0.4 is 5.32 Å². The molecule has 4 aromatic rings. The summed E-state index contributed by atoms with van der Waals surface area (Å²) >= 11 is 6.16. The Morgan fingerprint density at radius 3 is 2.34 bits per heavy atom. The summed E-state index contributed by atoms with van der Waals surface area (Å²) in [5, 5.41) is 4.18. The van der Waals surface area contributed by atoms with Crippen molar-refractivity contribution >= 4 is 35.6 Å². The van der Waals surface area contributed by atoms with E-state index in [0.29, 0.717) is 5.95 Å². The van der Waals surface area contributed by atoms with Gasteiger partial charge in [0.1, 0.15) is 0 Å². The molecule has 1 fully saturated rings. The number of anilines is 2. The van der Waals surface area contributed by atoms with Gasteiger partial charge < -0.3 is 15.0 Å². The van der Waals surface area contributed by atoms with Crippen LogP contribution in [-0.4, -0.2) is 72.8 Å². The summed E-state index contributed by atoms with van der Waals surface area (Å²) in [5.74, 6) is 0.882. The van der Waals surface area contributed by atoms with Gasteiger partial charge >= 0.3 is 0 Å². The number of nitrogens with zero attached hydrogens (tertiary/aromatic N) is 4. The Balaban J connectivity index is 0.00000337. The molecule has 2 aliphatic rings. The van der Waals surface area contributed by atoms with Gasteiger partial charge in [0.15, 0.2) is 0 Å². The van der Waals surface area contributed by atoms with Crippen LogP contribution in [-0.2, 0) is 17.6 Å². The van der Waals surface area contributed by atoms with Crippen molar-refractivity contribution in [2.24, 2.45) is 0 Å². The van der Waals surface area contributed by atoms with Gasteiger partial charge in [-0.1, -0.05) is 60.1 Å². The van der Waals surface area contributed by atoms with Gasteiger partial charge in [-0.2, -0.15) is 0 Å². The van der Waals surface area contributed by atoms with Crippen molar-refractivity contribution in [2.75, 3.05) is 58.3 Å². The molecule has 6 nitrogen and oxygen atoms in total. The van der Waals surface area contributed by atoms with Crippen LogP contribution in [0.4, 0.5) is 11.6 Å². The fourth-order valence-corrected chi connectivity index (χ4v) is 5.94. The summed E-state index contributed by atoms with van der Waals surface area (Å²) in [6.07, 6.45) is 3.90. The molecule has 1 aliphatic carbocycles. The first-order valence-electron chi connectivity index (χ1n) is 14.2. The van der Waals surface area contributed by atoms with Gasteiger partial charge in [-0.05, 0) is 59.4 Å². The van der Waals surface area contributed by atoms with Gasteiger partial charge in [0, 0.05) is 74.8 Å². The first kappa shape index (κ1) is 29.5. The number of aromatic nitrogens is 2. The Labute approximate surface area is 254 Å². The standard InChI is InChI=1S/C33H36ClN5O.ClH/c1-40-21-20-39-18-16-38(17-19-39)15-14-24-6-12-28(13-7-24)36-33-35-23-26-22-31(25-8-10-27(34)11-9-25)29-4-2-3-5-30(29)32(26)37-33;/h2-13,23,31H,14-22H2,1H3,(H,35,36,37);1H. The first-order valence-corrected chi connectivity index (χ1v) is 14.5. The molecule has 1 aliphatic heterocycles. The molecule has 8 heteroatoms. The van der Waals surface area contributed by atoms with Crippen LogP contribution in [0.25, 0.3) is 11.3 Å². The highest BCUT2D eigenvalue weighted by atomic mass is 35.5. The van der Waals surface area contributed by atoms with Crippen molar-refractivity contribution in [3.05, 3.63) is 106 Å². The van der Waals surface area contributed by atoms with E-state index in [1.54, 1.807) is 7.11 Å². The summed E-state index contributed by atoms with van der Waals surface area (Å²) in [4.78, 5) is 14.7. The predicted octanol–water partition coefficient (Wildman–Crippen LogP) is 6.46. The SMILES string of the molecule is COCCN1CCN(CCc2ccc(Nc3ncc4c(n3)-c3ccccc3C(c3ccc(Cl)cc3)C4)cc2)CC1.Cl.